The zero-order valence-corrected chi connectivity index (χ0v) is 12.2. The number of hydrogen-bond acceptors (Lipinski definition) is 0. The third kappa shape index (κ3) is 3.02. The van der Waals surface area contributed by atoms with Crippen LogP contribution in [0.2, 0.25) is 0 Å². The van der Waals surface area contributed by atoms with Gasteiger partial charge in [0.1, 0.15) is 0 Å². The van der Waals surface area contributed by atoms with Crippen LogP contribution >= 0.6 is 18.0 Å². The van der Waals surface area contributed by atoms with Crippen LogP contribution in [-0.4, -0.2) is 37.2 Å². The average molecular weight is 574 g/mol. The summed E-state index contributed by atoms with van der Waals surface area (Å²) in [5.41, 5.74) is 0. The molecule has 0 aromatic carbocycles. The van der Waals surface area contributed by atoms with Crippen molar-refractivity contribution in [3.63, 3.8) is 0 Å². The summed E-state index contributed by atoms with van der Waals surface area (Å²) in [7, 11) is 0. The Bertz CT molecular complexity index is 227. The molecule has 0 aromatic heterocycles. The Morgan fingerprint density at radius 2 is 0.750 bits per heavy atom. The molecule has 0 rings (SSSR count). The van der Waals surface area contributed by atoms with E-state index in [1.807, 2.05) is 0 Å². The van der Waals surface area contributed by atoms with Crippen molar-refractivity contribution < 1.29 is 43.9 Å². The molecule has 0 fully saturated rings. The summed E-state index contributed by atoms with van der Waals surface area (Å²) in [6, 6.07) is 0. The number of rotatable bonds is 2. The van der Waals surface area contributed by atoms with Gasteiger partial charge >= 0.3 is 99.1 Å². The summed E-state index contributed by atoms with van der Waals surface area (Å²) < 4.78 is 107. The Labute approximate surface area is 98.7 Å². The molecule has 0 saturated heterocycles. The summed E-state index contributed by atoms with van der Waals surface area (Å²) in [6.07, 6.45) is -12.8. The first-order valence-corrected chi connectivity index (χ1v) is 16.3. The first kappa shape index (κ1) is 16.9. The Kier molecular flexibility index (Phi) is 4.80. The van der Waals surface area contributed by atoms with E-state index < -0.39 is 37.2 Å². The Morgan fingerprint density at radius 3 is 0.875 bits per heavy atom. The van der Waals surface area contributed by atoms with Gasteiger partial charge in [0.15, 0.2) is 0 Å². The SMILES string of the molecule is FC(F)(F)[C](F)(F)[Bi]([I])[C](F)(F)C(F)(F)F. The summed E-state index contributed by atoms with van der Waals surface area (Å²) in [5.74, 6) is 0. The molecule has 0 spiro atoms. The van der Waals surface area contributed by atoms with Crippen molar-refractivity contribution in [3.05, 3.63) is 0 Å². The molecule has 0 atom stereocenters. The molecule has 16 heavy (non-hydrogen) atoms. The standard InChI is InChI=1S/2C2F5.Bi.HI/c2*3-1(4)2(5,6)7;;/h;;;1H/q;;+1;/p-1. The van der Waals surface area contributed by atoms with E-state index in [1.165, 1.54) is 0 Å². The molecule has 98 valence electrons. The van der Waals surface area contributed by atoms with Crippen molar-refractivity contribution in [2.75, 3.05) is 0 Å². The molecule has 0 heterocycles. The molecule has 0 aliphatic carbocycles. The van der Waals surface area contributed by atoms with Crippen LogP contribution in [0.15, 0.2) is 0 Å². The van der Waals surface area contributed by atoms with Gasteiger partial charge in [0, 0.05) is 0 Å². The molecular formula is C4BiF10I. The van der Waals surface area contributed by atoms with Crippen LogP contribution in [0, 0.1) is 0 Å². The van der Waals surface area contributed by atoms with Crippen molar-refractivity contribution in [1.29, 1.82) is 0 Å². The fourth-order valence-corrected chi connectivity index (χ4v) is 8.30. The molecule has 0 radical (unpaired) electrons. The van der Waals surface area contributed by atoms with Crippen molar-refractivity contribution in [2.45, 2.75) is 19.6 Å². The monoisotopic (exact) mass is 574 g/mol. The zero-order chi connectivity index (χ0) is 13.6. The van der Waals surface area contributed by atoms with Crippen LogP contribution in [0.5, 0.6) is 0 Å². The van der Waals surface area contributed by atoms with E-state index in [0.717, 1.165) is 0 Å². The molecule has 0 bridgehead atoms. The molecule has 0 aromatic rings. The second-order valence-electron chi connectivity index (χ2n) is 2.36. The quantitative estimate of drug-likeness (QED) is 0.267. The maximum atomic E-state index is 12.3. The van der Waals surface area contributed by atoms with Gasteiger partial charge in [-0.3, -0.25) is 0 Å². The van der Waals surface area contributed by atoms with Crippen molar-refractivity contribution >= 4 is 35.6 Å². The van der Waals surface area contributed by atoms with Gasteiger partial charge in [0.05, 0.1) is 0 Å². The fourth-order valence-electron chi connectivity index (χ4n) is 0.399. The van der Waals surface area contributed by atoms with Gasteiger partial charge in [-0.2, -0.15) is 0 Å². The van der Waals surface area contributed by atoms with Crippen molar-refractivity contribution in [1.82, 2.24) is 0 Å². The Hall–Kier alpha value is 0.913. The van der Waals surface area contributed by atoms with E-state index in [1.54, 1.807) is 0 Å². The molecule has 0 N–H and O–H groups in total. The Morgan fingerprint density at radius 1 is 0.562 bits per heavy atom. The van der Waals surface area contributed by atoms with Crippen molar-refractivity contribution in [2.24, 2.45) is 0 Å². The van der Waals surface area contributed by atoms with Gasteiger partial charge in [-0.25, -0.2) is 0 Å². The molecule has 0 saturated carbocycles. The first-order valence-electron chi connectivity index (χ1n) is 3.01. The third-order valence-corrected chi connectivity index (χ3v) is 17.6. The molecule has 0 amide bonds. The van der Waals surface area contributed by atoms with Gasteiger partial charge in [0.2, 0.25) is 0 Å². The normalized spacial score (nSPS) is 15.8. The van der Waals surface area contributed by atoms with E-state index in [4.69, 9.17) is 0 Å². The predicted octanol–water partition coefficient (Wildman–Crippen LogP) is 3.89. The van der Waals surface area contributed by atoms with Gasteiger partial charge in [0.25, 0.3) is 0 Å². The van der Waals surface area contributed by atoms with Crippen LogP contribution in [0.25, 0.3) is 0 Å². The van der Waals surface area contributed by atoms with Crippen LogP contribution in [0.3, 0.4) is 0 Å². The number of alkyl halides is 10. The Balaban J connectivity index is 5.30. The predicted molar refractivity (Wildman–Crippen MR) is 41.8 cm³/mol. The van der Waals surface area contributed by atoms with Gasteiger partial charge in [-0.1, -0.05) is 0 Å². The van der Waals surface area contributed by atoms with E-state index in [0.29, 0.717) is 0 Å². The zero-order valence-electron chi connectivity index (χ0n) is 6.60. The molecule has 0 aliphatic rings. The van der Waals surface area contributed by atoms with Crippen LogP contribution in [-0.2, 0) is 0 Å². The first-order chi connectivity index (χ1) is 6.65. The van der Waals surface area contributed by atoms with E-state index in [9.17, 15) is 43.9 Å². The van der Waals surface area contributed by atoms with Crippen molar-refractivity contribution in [3.8, 4) is 0 Å². The van der Waals surface area contributed by atoms with E-state index >= 15 is 0 Å². The average Bonchev–Trinajstić information content (AvgIpc) is 1.98. The van der Waals surface area contributed by atoms with Gasteiger partial charge in [-0.15, -0.1) is 0 Å². The van der Waals surface area contributed by atoms with Gasteiger partial charge in [-0.05, 0) is 0 Å². The minimum atomic E-state index is -6.54. The molecular weight excluding hydrogens is 574 g/mol. The molecule has 0 nitrogen and oxygen atoms in total. The van der Waals surface area contributed by atoms with E-state index in [-0.39, 0.29) is 18.0 Å². The third-order valence-electron chi connectivity index (χ3n) is 1.18. The second-order valence-corrected chi connectivity index (χ2v) is 17.4. The summed E-state index contributed by atoms with van der Waals surface area (Å²) in [4.78, 5) is 0. The second kappa shape index (κ2) is 4.54. The minimum absolute atomic E-state index is 0.0587. The maximum absolute atomic E-state index is 12.3. The molecule has 12 heteroatoms. The number of halogens is 11. The van der Waals surface area contributed by atoms with Crippen LogP contribution in [0.4, 0.5) is 43.9 Å². The number of hydrogen-bond donors (Lipinski definition) is 0. The molecule has 0 aliphatic heterocycles. The fraction of sp³-hybridized carbons (Fsp3) is 1.00. The molecule has 0 unspecified atom stereocenters. The van der Waals surface area contributed by atoms with E-state index in [2.05, 4.69) is 0 Å². The topological polar surface area (TPSA) is 0 Å². The van der Waals surface area contributed by atoms with Crippen LogP contribution < -0.4 is 0 Å². The summed E-state index contributed by atoms with van der Waals surface area (Å²) in [5, 5.41) is 0. The summed E-state index contributed by atoms with van der Waals surface area (Å²) >= 11 is -6.60. The van der Waals surface area contributed by atoms with Gasteiger partial charge < -0.3 is 0 Å². The summed E-state index contributed by atoms with van der Waals surface area (Å²) in [6.45, 7) is 0. The van der Waals surface area contributed by atoms with Crippen LogP contribution in [0.1, 0.15) is 0 Å².